The van der Waals surface area contributed by atoms with Crippen molar-refractivity contribution in [3.05, 3.63) is 0 Å². The van der Waals surface area contributed by atoms with Crippen molar-refractivity contribution in [3.8, 4) is 0 Å². The van der Waals surface area contributed by atoms with Gasteiger partial charge in [-0.15, -0.1) is 0 Å². The third-order valence-electron chi connectivity index (χ3n) is 1.94. The van der Waals surface area contributed by atoms with E-state index in [1.54, 1.807) is 0 Å². The van der Waals surface area contributed by atoms with Crippen LogP contribution in [0, 0.1) is 5.92 Å². The van der Waals surface area contributed by atoms with E-state index in [4.69, 9.17) is 0 Å². The van der Waals surface area contributed by atoms with Crippen molar-refractivity contribution in [1.29, 1.82) is 0 Å². The molecular weight excluding hydrogens is 139 g/mol. The van der Waals surface area contributed by atoms with E-state index in [9.17, 15) is 9.90 Å². The first-order valence-corrected chi connectivity index (χ1v) is 3.51. The molecule has 0 amide bonds. The van der Waals surface area contributed by atoms with E-state index in [-0.39, 0.29) is 30.3 Å². The molecule has 1 fully saturated rings. The van der Waals surface area contributed by atoms with Crippen LogP contribution in [0.15, 0.2) is 0 Å². The van der Waals surface area contributed by atoms with Crippen LogP contribution in [0.2, 0.25) is 0 Å². The van der Waals surface area contributed by atoms with Crippen LogP contribution in [0.3, 0.4) is 0 Å². The molecule has 60 valence electrons. The van der Waals surface area contributed by atoms with E-state index in [2.05, 4.69) is 0 Å². The maximum absolute atomic E-state index is 10.2. The van der Waals surface area contributed by atoms with Crippen molar-refractivity contribution in [2.75, 3.05) is 0 Å². The monoisotopic (exact) mass is 152 g/mol. The molecule has 0 bridgehead atoms. The Bertz CT molecular complexity index is 110. The molecule has 0 spiro atoms. The van der Waals surface area contributed by atoms with Gasteiger partial charge < -0.3 is 15.4 Å². The van der Waals surface area contributed by atoms with Gasteiger partial charge in [0.1, 0.15) is 0 Å². The van der Waals surface area contributed by atoms with Crippen molar-refractivity contribution >= 4 is 5.97 Å². The van der Waals surface area contributed by atoms with Gasteiger partial charge in [-0.3, -0.25) is 0 Å². The van der Waals surface area contributed by atoms with E-state index in [0.29, 0.717) is 0 Å². The van der Waals surface area contributed by atoms with Gasteiger partial charge >= 0.3 is 18.9 Å². The zero-order valence-corrected chi connectivity index (χ0v) is 6.93. The Morgan fingerprint density at radius 1 is 1.18 bits per heavy atom. The summed E-state index contributed by atoms with van der Waals surface area (Å²) in [5, 5.41) is 10.2. The molecule has 0 unspecified atom stereocenters. The zero-order valence-electron chi connectivity index (χ0n) is 6.93. The Balaban J connectivity index is 0. The smallest absolute Gasteiger partial charge is 0.550 e. The number of hydrogen-bond acceptors (Lipinski definition) is 2. The minimum Gasteiger partial charge on any atom is -0.550 e. The Labute approximate surface area is 78.7 Å². The molecule has 2 N–H and O–H groups in total. The quantitative estimate of drug-likeness (QED) is 0.366. The largest absolute Gasteiger partial charge is 1.00 e. The van der Waals surface area contributed by atoms with Crippen LogP contribution in [0.4, 0.5) is 0 Å². The van der Waals surface area contributed by atoms with E-state index in [1.165, 1.54) is 6.42 Å². The minimum atomic E-state index is -0.852. The van der Waals surface area contributed by atoms with Gasteiger partial charge in [0, 0.05) is 5.97 Å². The third-order valence-corrected chi connectivity index (χ3v) is 1.94. The molecular formula is C7H13LiO3. The van der Waals surface area contributed by atoms with Gasteiger partial charge in [-0.1, -0.05) is 19.3 Å². The summed E-state index contributed by atoms with van der Waals surface area (Å²) in [6.45, 7) is 0. The third kappa shape index (κ3) is 4.47. The Hall–Kier alpha value is 0.0274. The molecule has 0 heterocycles. The SMILES string of the molecule is O.O=C([O-])C1CCCCC1.[Li+]. The van der Waals surface area contributed by atoms with Crippen molar-refractivity contribution in [1.82, 2.24) is 0 Å². The molecule has 0 aromatic heterocycles. The van der Waals surface area contributed by atoms with E-state index in [0.717, 1.165) is 25.7 Å². The normalized spacial score (nSPS) is 17.8. The molecule has 4 heteroatoms. The van der Waals surface area contributed by atoms with Crippen LogP contribution in [-0.4, -0.2) is 11.4 Å². The van der Waals surface area contributed by atoms with Gasteiger partial charge in [0.05, 0.1) is 0 Å². The second-order valence-corrected chi connectivity index (χ2v) is 2.65. The molecule has 3 nitrogen and oxygen atoms in total. The zero-order chi connectivity index (χ0) is 6.69. The van der Waals surface area contributed by atoms with Crippen molar-refractivity contribution < 1.29 is 34.2 Å². The Morgan fingerprint density at radius 2 is 1.64 bits per heavy atom. The summed E-state index contributed by atoms with van der Waals surface area (Å²) in [5.41, 5.74) is 0. The number of carboxylic acid groups (broad SMARTS) is 1. The number of hydrogen-bond donors (Lipinski definition) is 0. The second-order valence-electron chi connectivity index (χ2n) is 2.65. The first kappa shape index (κ1) is 13.6. The number of carboxylic acids is 1. The van der Waals surface area contributed by atoms with Gasteiger partial charge in [0.15, 0.2) is 0 Å². The summed E-state index contributed by atoms with van der Waals surface area (Å²) in [6, 6.07) is 0. The van der Waals surface area contributed by atoms with Crippen LogP contribution in [0.5, 0.6) is 0 Å². The first-order chi connectivity index (χ1) is 4.30. The maximum atomic E-state index is 10.2. The molecule has 0 radical (unpaired) electrons. The van der Waals surface area contributed by atoms with Crippen LogP contribution in [0.1, 0.15) is 32.1 Å². The Kier molecular flexibility index (Phi) is 8.31. The summed E-state index contributed by atoms with van der Waals surface area (Å²) < 4.78 is 0. The van der Waals surface area contributed by atoms with Crippen LogP contribution in [0.25, 0.3) is 0 Å². The Morgan fingerprint density at radius 3 is 1.91 bits per heavy atom. The molecule has 1 rings (SSSR count). The molecule has 11 heavy (non-hydrogen) atoms. The predicted molar refractivity (Wildman–Crippen MR) is 35.2 cm³/mol. The van der Waals surface area contributed by atoms with Crippen LogP contribution < -0.4 is 24.0 Å². The fourth-order valence-corrected chi connectivity index (χ4v) is 1.34. The fourth-order valence-electron chi connectivity index (χ4n) is 1.34. The van der Waals surface area contributed by atoms with Gasteiger partial charge in [-0.05, 0) is 18.8 Å². The molecule has 0 aromatic carbocycles. The van der Waals surface area contributed by atoms with Crippen molar-refractivity contribution in [3.63, 3.8) is 0 Å². The topological polar surface area (TPSA) is 71.6 Å². The number of aliphatic carboxylic acids is 1. The van der Waals surface area contributed by atoms with Gasteiger partial charge in [-0.2, -0.15) is 0 Å². The van der Waals surface area contributed by atoms with Crippen molar-refractivity contribution in [2.45, 2.75) is 32.1 Å². The van der Waals surface area contributed by atoms with Crippen LogP contribution in [-0.2, 0) is 4.79 Å². The molecule has 1 saturated carbocycles. The summed E-state index contributed by atoms with van der Waals surface area (Å²) in [5.74, 6) is -0.992. The second kappa shape index (κ2) is 6.72. The number of rotatable bonds is 1. The van der Waals surface area contributed by atoms with E-state index in [1.807, 2.05) is 0 Å². The molecule has 0 aliphatic heterocycles. The summed E-state index contributed by atoms with van der Waals surface area (Å²) in [6.07, 6.45) is 5.01. The summed E-state index contributed by atoms with van der Waals surface area (Å²) in [7, 11) is 0. The number of carbonyl (C=O) groups is 1. The predicted octanol–water partition coefficient (Wildman–Crippen LogP) is -3.50. The molecule has 0 aromatic rings. The van der Waals surface area contributed by atoms with E-state index >= 15 is 0 Å². The maximum Gasteiger partial charge on any atom is 1.00 e. The molecule has 1 aliphatic carbocycles. The van der Waals surface area contributed by atoms with Crippen molar-refractivity contribution in [2.24, 2.45) is 5.92 Å². The molecule has 1 aliphatic rings. The van der Waals surface area contributed by atoms with E-state index < -0.39 is 5.97 Å². The van der Waals surface area contributed by atoms with Gasteiger partial charge in [0.2, 0.25) is 0 Å². The van der Waals surface area contributed by atoms with Gasteiger partial charge in [0.25, 0.3) is 0 Å². The molecule has 0 saturated heterocycles. The summed E-state index contributed by atoms with van der Waals surface area (Å²) >= 11 is 0. The molecule has 0 atom stereocenters. The summed E-state index contributed by atoms with van der Waals surface area (Å²) in [4.78, 5) is 10.2. The minimum absolute atomic E-state index is 0. The first-order valence-electron chi connectivity index (χ1n) is 3.51. The average molecular weight is 152 g/mol. The van der Waals surface area contributed by atoms with Crippen LogP contribution >= 0.6 is 0 Å². The fraction of sp³-hybridized carbons (Fsp3) is 0.857. The average Bonchev–Trinajstić information content (AvgIpc) is 1.90. The number of carbonyl (C=O) groups excluding carboxylic acids is 1. The standard InChI is InChI=1S/C7H12O2.Li.H2O/c8-7(9)6-4-2-1-3-5-6;;/h6H,1-5H2,(H,8,9);;1H2/q;+1;/p-1. The van der Waals surface area contributed by atoms with Gasteiger partial charge in [-0.25, -0.2) is 0 Å².